The summed E-state index contributed by atoms with van der Waals surface area (Å²) in [5, 5.41) is 1.71. The lowest BCUT2D eigenvalue weighted by Crippen LogP contribution is -2.46. The highest BCUT2D eigenvalue weighted by molar-refractivity contribution is 8.26. The zero-order valence-electron chi connectivity index (χ0n) is 15.1. The molecule has 0 radical (unpaired) electrons. The number of ether oxygens (including phenoxy) is 1. The second kappa shape index (κ2) is 10.3. The third-order valence-corrected chi connectivity index (χ3v) is 6.04. The van der Waals surface area contributed by atoms with Crippen LogP contribution in [0.5, 0.6) is 5.75 Å². The molecule has 3 rings (SSSR count). The van der Waals surface area contributed by atoms with Gasteiger partial charge in [0, 0.05) is 6.07 Å². The molecule has 154 valence electrons. The number of hydrazine groups is 1. The maximum absolute atomic E-state index is 12.5. The van der Waals surface area contributed by atoms with Gasteiger partial charge in [-0.25, -0.2) is 0 Å². The van der Waals surface area contributed by atoms with Crippen LogP contribution in [-0.4, -0.2) is 27.8 Å². The number of hydrogen-bond acceptors (Lipinski definition) is 5. The second-order valence-corrected chi connectivity index (χ2v) is 8.73. The van der Waals surface area contributed by atoms with Crippen LogP contribution in [-0.2, 0) is 9.59 Å². The van der Waals surface area contributed by atoms with Crippen LogP contribution < -0.4 is 10.2 Å². The predicted octanol–water partition coefficient (Wildman–Crippen LogP) is 5.51. The smallest absolute Gasteiger partial charge is 0.285 e. The summed E-state index contributed by atoms with van der Waals surface area (Å²) < 4.78 is 5.56. The maximum Gasteiger partial charge on any atom is 0.285 e. The fourth-order valence-electron chi connectivity index (χ4n) is 2.30. The topological polar surface area (TPSA) is 58.6 Å². The van der Waals surface area contributed by atoms with Crippen molar-refractivity contribution in [1.82, 2.24) is 10.4 Å². The molecule has 1 saturated heterocycles. The van der Waals surface area contributed by atoms with Gasteiger partial charge < -0.3 is 4.74 Å². The van der Waals surface area contributed by atoms with E-state index in [9.17, 15) is 9.59 Å². The van der Waals surface area contributed by atoms with Crippen molar-refractivity contribution in [3.8, 4) is 5.75 Å². The van der Waals surface area contributed by atoms with Crippen LogP contribution in [0, 0.1) is 0 Å². The van der Waals surface area contributed by atoms with Crippen molar-refractivity contribution in [3.63, 3.8) is 0 Å². The number of rotatable bonds is 6. The lowest BCUT2D eigenvalue weighted by molar-refractivity contribution is -0.134. The number of halogens is 3. The molecule has 1 aliphatic rings. The monoisotopic (exact) mass is 498 g/mol. The van der Waals surface area contributed by atoms with Crippen LogP contribution in [0.2, 0.25) is 15.1 Å². The van der Waals surface area contributed by atoms with Crippen LogP contribution in [0.4, 0.5) is 0 Å². The van der Waals surface area contributed by atoms with E-state index in [1.807, 2.05) is 36.4 Å². The first-order valence-electron chi connectivity index (χ1n) is 8.41. The average molecular weight is 500 g/mol. The second-order valence-electron chi connectivity index (χ2n) is 5.83. The van der Waals surface area contributed by atoms with Gasteiger partial charge in [0.05, 0.1) is 20.0 Å². The molecule has 0 spiro atoms. The van der Waals surface area contributed by atoms with E-state index in [1.165, 1.54) is 12.1 Å². The number of benzene rings is 2. The number of amides is 2. The van der Waals surface area contributed by atoms with Gasteiger partial charge in [-0.15, -0.1) is 0 Å². The standard InChI is InChI=1S/C20H13Cl3N2O3S2/c21-13-9-15(23)16(10-14(13)22)28-11-18(26)24-25-19(27)17(30-20(25)29)8-4-7-12-5-2-1-3-6-12/h1-10H,11H2,(H,24,26). The van der Waals surface area contributed by atoms with Crippen molar-refractivity contribution >= 4 is 81.0 Å². The minimum Gasteiger partial charge on any atom is -0.482 e. The van der Waals surface area contributed by atoms with Crippen LogP contribution >= 0.6 is 58.8 Å². The molecule has 5 nitrogen and oxygen atoms in total. The van der Waals surface area contributed by atoms with Crippen LogP contribution in [0.25, 0.3) is 6.08 Å². The number of thiocarbonyl (C=S) groups is 1. The Morgan fingerprint density at radius 3 is 2.57 bits per heavy atom. The van der Waals surface area contributed by atoms with Gasteiger partial charge in [0.25, 0.3) is 11.8 Å². The van der Waals surface area contributed by atoms with Gasteiger partial charge in [0.2, 0.25) is 0 Å². The van der Waals surface area contributed by atoms with Gasteiger partial charge in [0.1, 0.15) is 5.75 Å². The zero-order chi connectivity index (χ0) is 21.7. The molecule has 2 aromatic carbocycles. The van der Waals surface area contributed by atoms with Crippen LogP contribution in [0.3, 0.4) is 0 Å². The Hall–Kier alpha value is -2.03. The molecule has 0 unspecified atom stereocenters. The van der Waals surface area contributed by atoms with E-state index in [0.717, 1.165) is 22.3 Å². The Morgan fingerprint density at radius 2 is 1.83 bits per heavy atom. The highest BCUT2D eigenvalue weighted by atomic mass is 35.5. The molecule has 0 aliphatic carbocycles. The van der Waals surface area contributed by atoms with Gasteiger partial charge in [0.15, 0.2) is 10.9 Å². The van der Waals surface area contributed by atoms with Crippen LogP contribution in [0.1, 0.15) is 5.56 Å². The van der Waals surface area contributed by atoms with Gasteiger partial charge in [-0.2, -0.15) is 5.01 Å². The van der Waals surface area contributed by atoms with E-state index >= 15 is 0 Å². The number of carbonyl (C=O) groups is 2. The summed E-state index contributed by atoms with van der Waals surface area (Å²) in [6.45, 7) is -0.401. The van der Waals surface area contributed by atoms with Crippen molar-refractivity contribution in [3.05, 3.63) is 80.2 Å². The van der Waals surface area contributed by atoms with E-state index in [0.29, 0.717) is 4.91 Å². The first-order chi connectivity index (χ1) is 14.3. The van der Waals surface area contributed by atoms with Gasteiger partial charge in [-0.3, -0.25) is 15.0 Å². The van der Waals surface area contributed by atoms with Gasteiger partial charge in [-0.05, 0) is 29.9 Å². The molecular weight excluding hydrogens is 487 g/mol. The number of hydrogen-bond donors (Lipinski definition) is 1. The molecule has 30 heavy (non-hydrogen) atoms. The molecule has 1 aliphatic heterocycles. The summed E-state index contributed by atoms with van der Waals surface area (Å²) in [6.07, 6.45) is 5.25. The summed E-state index contributed by atoms with van der Waals surface area (Å²) in [6, 6.07) is 12.5. The summed E-state index contributed by atoms with van der Waals surface area (Å²) in [4.78, 5) is 25.1. The minimum absolute atomic E-state index is 0.192. The highest BCUT2D eigenvalue weighted by Crippen LogP contribution is 2.34. The molecule has 0 bridgehead atoms. The molecule has 10 heteroatoms. The third-order valence-electron chi connectivity index (χ3n) is 3.70. The highest BCUT2D eigenvalue weighted by Gasteiger charge is 2.33. The molecule has 0 aromatic heterocycles. The van der Waals surface area contributed by atoms with Gasteiger partial charge >= 0.3 is 0 Å². The first-order valence-corrected chi connectivity index (χ1v) is 10.8. The van der Waals surface area contributed by atoms with Crippen molar-refractivity contribution in [1.29, 1.82) is 0 Å². The summed E-state index contributed by atoms with van der Waals surface area (Å²) in [5.41, 5.74) is 3.42. The summed E-state index contributed by atoms with van der Waals surface area (Å²) in [7, 11) is 0. The number of nitrogens with zero attached hydrogens (tertiary/aromatic N) is 1. The fourth-order valence-corrected chi connectivity index (χ4v) is 4.03. The normalized spacial score (nSPS) is 15.3. The van der Waals surface area contributed by atoms with Crippen molar-refractivity contribution < 1.29 is 14.3 Å². The Morgan fingerprint density at radius 1 is 1.13 bits per heavy atom. The average Bonchev–Trinajstić information content (AvgIpc) is 2.98. The van der Waals surface area contributed by atoms with Crippen LogP contribution in [0.15, 0.2) is 59.5 Å². The Labute approximate surface area is 197 Å². The summed E-state index contributed by atoms with van der Waals surface area (Å²) >= 11 is 24.1. The van der Waals surface area contributed by atoms with Crippen molar-refractivity contribution in [2.75, 3.05) is 6.61 Å². The van der Waals surface area contributed by atoms with Crippen molar-refractivity contribution in [2.45, 2.75) is 0 Å². The first kappa shape index (κ1) is 22.7. The Balaban J connectivity index is 1.58. The van der Waals surface area contributed by atoms with E-state index in [2.05, 4.69) is 5.43 Å². The van der Waals surface area contributed by atoms with Crippen molar-refractivity contribution in [2.24, 2.45) is 0 Å². The molecule has 1 heterocycles. The minimum atomic E-state index is -0.588. The van der Waals surface area contributed by atoms with E-state index in [4.69, 9.17) is 51.8 Å². The van der Waals surface area contributed by atoms with Gasteiger partial charge in [-0.1, -0.05) is 89.0 Å². The maximum atomic E-state index is 12.5. The SMILES string of the molecule is O=C(COc1cc(Cl)c(Cl)cc1Cl)NN1C(=O)C(=CC=Cc2ccccc2)SC1=S. The quantitative estimate of drug-likeness (QED) is 0.322. The molecule has 0 saturated carbocycles. The molecular formula is C20H13Cl3N2O3S2. The molecule has 1 fully saturated rings. The fraction of sp³-hybridized carbons (Fsp3) is 0.0500. The lowest BCUT2D eigenvalue weighted by Gasteiger charge is -2.16. The number of nitrogens with one attached hydrogen (secondary N) is 1. The third kappa shape index (κ3) is 5.77. The van der Waals surface area contributed by atoms with E-state index in [1.54, 1.807) is 12.2 Å². The van der Waals surface area contributed by atoms with E-state index in [-0.39, 0.29) is 25.1 Å². The predicted molar refractivity (Wildman–Crippen MR) is 126 cm³/mol. The number of thioether (sulfide) groups is 1. The van der Waals surface area contributed by atoms with E-state index < -0.39 is 18.4 Å². The molecule has 2 amide bonds. The molecule has 1 N–H and O–H groups in total. The molecule has 0 atom stereocenters. The lowest BCUT2D eigenvalue weighted by atomic mass is 10.2. The zero-order valence-corrected chi connectivity index (χ0v) is 19.0. The summed E-state index contributed by atoms with van der Waals surface area (Å²) in [5.74, 6) is -0.823. The molecule has 2 aromatic rings. The largest absolute Gasteiger partial charge is 0.482 e. The number of carbonyl (C=O) groups excluding carboxylic acids is 2. The number of allylic oxidation sites excluding steroid dienone is 2. The Kier molecular flexibility index (Phi) is 7.80. The Bertz CT molecular complexity index is 1060.